The quantitative estimate of drug-likeness (QED) is 0.567. The SMILES string of the molecule is CCc1ccc(-c2noc([C@@H](C)Nc3ncc(F)c(N4C(=O)OC[C@@H]4[C@@H](C)O)n3)n2)cc1. The highest BCUT2D eigenvalue weighted by Gasteiger charge is 2.39. The van der Waals surface area contributed by atoms with E-state index in [0.29, 0.717) is 5.82 Å². The molecule has 3 aromatic rings. The molecule has 1 aliphatic heterocycles. The number of aliphatic hydroxyl groups is 1. The highest BCUT2D eigenvalue weighted by Crippen LogP contribution is 2.27. The van der Waals surface area contributed by atoms with E-state index in [1.54, 1.807) is 6.92 Å². The smallest absolute Gasteiger partial charge is 0.416 e. The number of nitrogens with one attached hydrogen (secondary N) is 1. The molecule has 0 aliphatic carbocycles. The second kappa shape index (κ2) is 8.87. The van der Waals surface area contributed by atoms with Crippen molar-refractivity contribution in [1.82, 2.24) is 20.1 Å². The van der Waals surface area contributed by atoms with Crippen LogP contribution in [-0.4, -0.2) is 50.1 Å². The zero-order valence-corrected chi connectivity index (χ0v) is 17.8. The molecule has 0 saturated carbocycles. The molecule has 1 fully saturated rings. The fourth-order valence-electron chi connectivity index (χ4n) is 3.30. The summed E-state index contributed by atoms with van der Waals surface area (Å²) in [6.45, 7) is 5.26. The lowest BCUT2D eigenvalue weighted by Gasteiger charge is -2.23. The van der Waals surface area contributed by atoms with Gasteiger partial charge in [-0.15, -0.1) is 0 Å². The fourth-order valence-corrected chi connectivity index (χ4v) is 3.30. The molecule has 168 valence electrons. The second-order valence-electron chi connectivity index (χ2n) is 7.49. The summed E-state index contributed by atoms with van der Waals surface area (Å²) >= 11 is 0. The molecule has 1 amide bonds. The van der Waals surface area contributed by atoms with Crippen LogP contribution in [0.15, 0.2) is 35.0 Å². The van der Waals surface area contributed by atoms with Gasteiger partial charge in [-0.25, -0.2) is 19.1 Å². The van der Waals surface area contributed by atoms with E-state index in [1.165, 1.54) is 12.5 Å². The van der Waals surface area contributed by atoms with Crippen LogP contribution in [0.1, 0.15) is 38.3 Å². The number of benzene rings is 1. The molecule has 3 heterocycles. The number of carbonyl (C=O) groups excluding carboxylic acids is 1. The van der Waals surface area contributed by atoms with Gasteiger partial charge in [-0.2, -0.15) is 9.97 Å². The highest BCUT2D eigenvalue weighted by atomic mass is 19.1. The van der Waals surface area contributed by atoms with Crippen LogP contribution >= 0.6 is 0 Å². The third kappa shape index (κ3) is 4.24. The molecule has 0 radical (unpaired) electrons. The summed E-state index contributed by atoms with van der Waals surface area (Å²) < 4.78 is 24.7. The van der Waals surface area contributed by atoms with Gasteiger partial charge in [0.05, 0.1) is 12.3 Å². The topological polar surface area (TPSA) is 127 Å². The summed E-state index contributed by atoms with van der Waals surface area (Å²) in [5.74, 6) is -0.327. The van der Waals surface area contributed by atoms with Crippen molar-refractivity contribution in [2.24, 2.45) is 0 Å². The van der Waals surface area contributed by atoms with Crippen molar-refractivity contribution in [2.75, 3.05) is 16.8 Å². The number of hydrogen-bond donors (Lipinski definition) is 2. The van der Waals surface area contributed by atoms with Crippen molar-refractivity contribution >= 4 is 17.9 Å². The number of anilines is 2. The third-order valence-corrected chi connectivity index (χ3v) is 5.19. The van der Waals surface area contributed by atoms with Gasteiger partial charge in [0.2, 0.25) is 17.7 Å². The van der Waals surface area contributed by atoms with Crippen LogP contribution < -0.4 is 10.2 Å². The molecule has 11 heteroatoms. The van der Waals surface area contributed by atoms with E-state index in [9.17, 15) is 14.3 Å². The summed E-state index contributed by atoms with van der Waals surface area (Å²) in [5, 5.41) is 16.9. The van der Waals surface area contributed by atoms with Crippen LogP contribution in [0.25, 0.3) is 11.4 Å². The Morgan fingerprint density at radius 3 is 2.72 bits per heavy atom. The molecule has 10 nitrogen and oxygen atoms in total. The lowest BCUT2D eigenvalue weighted by Crippen LogP contribution is -2.42. The maximum Gasteiger partial charge on any atom is 0.416 e. The largest absolute Gasteiger partial charge is 0.447 e. The van der Waals surface area contributed by atoms with Crippen LogP contribution in [0.4, 0.5) is 21.0 Å². The van der Waals surface area contributed by atoms with E-state index in [1.807, 2.05) is 24.3 Å². The van der Waals surface area contributed by atoms with Gasteiger partial charge in [0.15, 0.2) is 11.6 Å². The molecule has 1 saturated heterocycles. The summed E-state index contributed by atoms with van der Waals surface area (Å²) in [5.41, 5.74) is 2.03. The minimum Gasteiger partial charge on any atom is -0.447 e. The van der Waals surface area contributed by atoms with Gasteiger partial charge in [0.1, 0.15) is 18.7 Å². The number of halogens is 1. The Kier molecular flexibility index (Phi) is 5.99. The number of aliphatic hydroxyl groups excluding tert-OH is 1. The molecule has 0 unspecified atom stereocenters. The summed E-state index contributed by atoms with van der Waals surface area (Å²) in [6, 6.07) is 6.61. The van der Waals surface area contributed by atoms with Crippen molar-refractivity contribution in [3.8, 4) is 11.4 Å². The van der Waals surface area contributed by atoms with E-state index in [-0.39, 0.29) is 24.3 Å². The number of cyclic esters (lactones) is 1. The van der Waals surface area contributed by atoms with E-state index in [4.69, 9.17) is 9.26 Å². The molecule has 1 aliphatic rings. The van der Waals surface area contributed by atoms with Crippen molar-refractivity contribution in [3.05, 3.63) is 47.7 Å². The van der Waals surface area contributed by atoms with Crippen molar-refractivity contribution in [1.29, 1.82) is 0 Å². The molecule has 0 spiro atoms. The van der Waals surface area contributed by atoms with Gasteiger partial charge >= 0.3 is 6.09 Å². The number of amides is 1. The summed E-state index contributed by atoms with van der Waals surface area (Å²) in [6.07, 6.45) is 0.153. The average molecular weight is 442 g/mol. The molecular formula is C21H23FN6O4. The molecule has 1 aromatic carbocycles. The summed E-state index contributed by atoms with van der Waals surface area (Å²) in [4.78, 5) is 25.5. The van der Waals surface area contributed by atoms with Crippen LogP contribution in [0, 0.1) is 5.82 Å². The Morgan fingerprint density at radius 1 is 1.28 bits per heavy atom. The van der Waals surface area contributed by atoms with Crippen LogP contribution in [0.2, 0.25) is 0 Å². The van der Waals surface area contributed by atoms with Crippen LogP contribution in [0.3, 0.4) is 0 Å². The Bertz CT molecular complexity index is 1100. The first-order chi connectivity index (χ1) is 15.4. The molecule has 4 rings (SSSR count). The molecule has 3 atom stereocenters. The Labute approximate surface area is 183 Å². The first-order valence-electron chi connectivity index (χ1n) is 10.2. The third-order valence-electron chi connectivity index (χ3n) is 5.19. The minimum absolute atomic E-state index is 0.0463. The fraction of sp³-hybridized carbons (Fsp3) is 0.381. The lowest BCUT2D eigenvalue weighted by molar-refractivity contribution is 0.142. The predicted octanol–water partition coefficient (Wildman–Crippen LogP) is 3.11. The second-order valence-corrected chi connectivity index (χ2v) is 7.49. The number of aryl methyl sites for hydroxylation is 1. The summed E-state index contributed by atoms with van der Waals surface area (Å²) in [7, 11) is 0. The van der Waals surface area contributed by atoms with Crippen molar-refractivity contribution in [3.63, 3.8) is 0 Å². The van der Waals surface area contributed by atoms with Gasteiger partial charge in [-0.05, 0) is 25.8 Å². The molecular weight excluding hydrogens is 419 g/mol. The lowest BCUT2D eigenvalue weighted by atomic mass is 10.1. The normalized spacial score (nSPS) is 17.8. The van der Waals surface area contributed by atoms with Crippen LogP contribution in [-0.2, 0) is 11.2 Å². The van der Waals surface area contributed by atoms with Crippen molar-refractivity contribution < 1.29 is 23.6 Å². The average Bonchev–Trinajstić information content (AvgIpc) is 3.42. The molecule has 0 bridgehead atoms. The van der Waals surface area contributed by atoms with E-state index >= 15 is 0 Å². The number of ether oxygens (including phenoxy) is 1. The Hall–Kier alpha value is -3.60. The number of carbonyl (C=O) groups is 1. The molecule has 2 N–H and O–H groups in total. The number of aromatic nitrogens is 4. The standard InChI is InChI=1S/C21H23FN6O4/c1-4-13-5-7-14(8-6-13)17-25-19(32-27-17)11(2)24-20-23-9-15(22)18(26-20)28-16(12(3)29)10-31-21(28)30/h5-9,11-12,16,29H,4,10H2,1-3H3,(H,23,24,26)/t11-,12-,16-/m1/s1. The predicted molar refractivity (Wildman–Crippen MR) is 112 cm³/mol. The van der Waals surface area contributed by atoms with Gasteiger partial charge < -0.3 is 19.7 Å². The zero-order valence-electron chi connectivity index (χ0n) is 17.8. The first-order valence-corrected chi connectivity index (χ1v) is 10.2. The van der Waals surface area contributed by atoms with Crippen molar-refractivity contribution in [2.45, 2.75) is 45.4 Å². The Balaban J connectivity index is 1.53. The van der Waals surface area contributed by atoms with Gasteiger partial charge in [-0.1, -0.05) is 36.3 Å². The van der Waals surface area contributed by atoms with Crippen LogP contribution in [0.5, 0.6) is 0 Å². The van der Waals surface area contributed by atoms with Gasteiger partial charge in [0.25, 0.3) is 0 Å². The highest BCUT2D eigenvalue weighted by molar-refractivity contribution is 5.89. The Morgan fingerprint density at radius 2 is 2.03 bits per heavy atom. The monoisotopic (exact) mass is 442 g/mol. The zero-order chi connectivity index (χ0) is 22.8. The number of hydrogen-bond acceptors (Lipinski definition) is 9. The number of nitrogens with zero attached hydrogens (tertiary/aromatic N) is 5. The van der Waals surface area contributed by atoms with E-state index < -0.39 is 30.1 Å². The maximum atomic E-state index is 14.4. The number of rotatable bonds is 7. The molecule has 2 aromatic heterocycles. The van der Waals surface area contributed by atoms with E-state index in [0.717, 1.165) is 23.1 Å². The van der Waals surface area contributed by atoms with E-state index in [2.05, 4.69) is 32.3 Å². The first kappa shape index (κ1) is 21.6. The van der Waals surface area contributed by atoms with Gasteiger partial charge in [-0.3, -0.25) is 0 Å². The van der Waals surface area contributed by atoms with Gasteiger partial charge in [0, 0.05) is 5.56 Å². The maximum absolute atomic E-state index is 14.4. The molecule has 32 heavy (non-hydrogen) atoms. The minimum atomic E-state index is -0.936.